The standard InChI is InChI=1S/C25H29N3O3/c1-16-9-7-12-23(18(16)3)26-24(29)15-27(5)25(30)22-13-17(2)28(19(22)4)20-10-8-11-21(14-20)31-6/h7-14H,15H2,1-6H3,(H,26,29). The maximum atomic E-state index is 13.1. The Morgan fingerprint density at radius 2 is 1.74 bits per heavy atom. The first kappa shape index (κ1) is 22.2. The molecule has 3 aromatic rings. The summed E-state index contributed by atoms with van der Waals surface area (Å²) in [5, 5.41) is 2.91. The smallest absolute Gasteiger partial charge is 0.255 e. The van der Waals surface area contributed by atoms with Crippen molar-refractivity contribution in [1.82, 2.24) is 9.47 Å². The van der Waals surface area contributed by atoms with Gasteiger partial charge in [0.1, 0.15) is 5.75 Å². The zero-order valence-corrected chi connectivity index (χ0v) is 18.9. The summed E-state index contributed by atoms with van der Waals surface area (Å²) in [4.78, 5) is 27.1. The molecular formula is C25H29N3O3. The lowest BCUT2D eigenvalue weighted by atomic mass is 10.1. The molecule has 3 rings (SSSR count). The molecule has 2 aromatic carbocycles. The highest BCUT2D eigenvalue weighted by Crippen LogP contribution is 2.24. The average molecular weight is 420 g/mol. The Kier molecular flexibility index (Phi) is 6.49. The first-order chi connectivity index (χ1) is 14.7. The van der Waals surface area contributed by atoms with Gasteiger partial charge in [-0.25, -0.2) is 0 Å². The Morgan fingerprint density at radius 1 is 1.03 bits per heavy atom. The number of carbonyl (C=O) groups excluding carboxylic acids is 2. The van der Waals surface area contributed by atoms with Gasteiger partial charge in [0.2, 0.25) is 5.91 Å². The van der Waals surface area contributed by atoms with E-state index in [0.29, 0.717) is 5.56 Å². The van der Waals surface area contributed by atoms with Crippen LogP contribution in [0, 0.1) is 27.7 Å². The van der Waals surface area contributed by atoms with E-state index in [9.17, 15) is 9.59 Å². The van der Waals surface area contributed by atoms with Gasteiger partial charge in [-0.15, -0.1) is 0 Å². The highest BCUT2D eigenvalue weighted by atomic mass is 16.5. The molecule has 2 amide bonds. The van der Waals surface area contributed by atoms with E-state index in [0.717, 1.165) is 39.6 Å². The fraction of sp³-hybridized carbons (Fsp3) is 0.280. The summed E-state index contributed by atoms with van der Waals surface area (Å²) in [5.74, 6) is 0.322. The zero-order valence-electron chi connectivity index (χ0n) is 18.9. The van der Waals surface area contributed by atoms with E-state index in [1.54, 1.807) is 14.2 Å². The van der Waals surface area contributed by atoms with Crippen molar-refractivity contribution in [2.24, 2.45) is 0 Å². The van der Waals surface area contributed by atoms with Gasteiger partial charge >= 0.3 is 0 Å². The molecule has 0 aliphatic rings. The summed E-state index contributed by atoms with van der Waals surface area (Å²) in [6.07, 6.45) is 0. The van der Waals surface area contributed by atoms with Gasteiger partial charge in [0.25, 0.3) is 5.91 Å². The first-order valence-electron chi connectivity index (χ1n) is 10.2. The molecule has 0 fully saturated rings. The fourth-order valence-corrected chi connectivity index (χ4v) is 3.70. The van der Waals surface area contributed by atoms with Crippen molar-refractivity contribution in [1.29, 1.82) is 0 Å². The summed E-state index contributed by atoms with van der Waals surface area (Å²) >= 11 is 0. The predicted octanol–water partition coefficient (Wildman–Crippen LogP) is 4.43. The molecule has 162 valence electrons. The van der Waals surface area contributed by atoms with Crippen LogP contribution in [0.4, 0.5) is 5.69 Å². The topological polar surface area (TPSA) is 63.6 Å². The lowest BCUT2D eigenvalue weighted by molar-refractivity contribution is -0.116. The van der Waals surface area contributed by atoms with E-state index in [1.165, 1.54) is 4.90 Å². The highest BCUT2D eigenvalue weighted by Gasteiger charge is 2.21. The predicted molar refractivity (Wildman–Crippen MR) is 123 cm³/mol. The quantitative estimate of drug-likeness (QED) is 0.643. The second-order valence-corrected chi connectivity index (χ2v) is 7.78. The van der Waals surface area contributed by atoms with Crippen LogP contribution in [0.15, 0.2) is 48.5 Å². The lowest BCUT2D eigenvalue weighted by Crippen LogP contribution is -2.35. The van der Waals surface area contributed by atoms with Crippen LogP contribution in [-0.2, 0) is 4.79 Å². The second-order valence-electron chi connectivity index (χ2n) is 7.78. The van der Waals surface area contributed by atoms with Crippen LogP contribution in [-0.4, -0.2) is 42.0 Å². The van der Waals surface area contributed by atoms with Crippen molar-refractivity contribution in [3.05, 3.63) is 76.6 Å². The molecule has 0 atom stereocenters. The Bertz CT molecular complexity index is 1130. The van der Waals surface area contributed by atoms with Crippen LogP contribution in [0.25, 0.3) is 5.69 Å². The largest absolute Gasteiger partial charge is 0.497 e. The van der Waals surface area contributed by atoms with Crippen LogP contribution in [0.2, 0.25) is 0 Å². The minimum atomic E-state index is -0.230. The molecule has 1 aromatic heterocycles. The SMILES string of the molecule is COc1cccc(-n2c(C)cc(C(=O)N(C)CC(=O)Nc3cccc(C)c3C)c2C)c1. The number of amides is 2. The van der Waals surface area contributed by atoms with Crippen molar-refractivity contribution < 1.29 is 14.3 Å². The van der Waals surface area contributed by atoms with Crippen LogP contribution in [0.5, 0.6) is 5.75 Å². The molecule has 6 heteroatoms. The molecule has 0 unspecified atom stereocenters. The van der Waals surface area contributed by atoms with E-state index in [4.69, 9.17) is 4.74 Å². The van der Waals surface area contributed by atoms with Crippen molar-refractivity contribution >= 4 is 17.5 Å². The number of likely N-dealkylation sites (N-methyl/N-ethyl adjacent to an activating group) is 1. The molecule has 1 N–H and O–H groups in total. The van der Waals surface area contributed by atoms with Gasteiger partial charge in [0.15, 0.2) is 0 Å². The number of carbonyl (C=O) groups is 2. The van der Waals surface area contributed by atoms with Gasteiger partial charge in [0.05, 0.1) is 19.2 Å². The average Bonchev–Trinajstić information content (AvgIpc) is 3.04. The second kappa shape index (κ2) is 9.08. The number of hydrogen-bond acceptors (Lipinski definition) is 3. The van der Waals surface area contributed by atoms with E-state index in [1.807, 2.05) is 80.8 Å². The van der Waals surface area contributed by atoms with Crippen LogP contribution in [0.3, 0.4) is 0 Å². The number of aromatic nitrogens is 1. The molecule has 0 aliphatic heterocycles. The summed E-state index contributed by atoms with van der Waals surface area (Å²) in [7, 11) is 3.27. The minimum Gasteiger partial charge on any atom is -0.497 e. The molecule has 31 heavy (non-hydrogen) atoms. The number of benzene rings is 2. The molecule has 0 saturated carbocycles. The minimum absolute atomic E-state index is 0.0327. The number of aryl methyl sites for hydroxylation is 2. The number of hydrogen-bond donors (Lipinski definition) is 1. The van der Waals surface area contributed by atoms with Crippen molar-refractivity contribution in [3.8, 4) is 11.4 Å². The first-order valence-corrected chi connectivity index (χ1v) is 10.2. The molecule has 0 aliphatic carbocycles. The monoisotopic (exact) mass is 419 g/mol. The van der Waals surface area contributed by atoms with Gasteiger partial charge in [-0.05, 0) is 63.1 Å². The van der Waals surface area contributed by atoms with Crippen LogP contribution < -0.4 is 10.1 Å². The van der Waals surface area contributed by atoms with Gasteiger partial charge in [-0.1, -0.05) is 18.2 Å². The summed E-state index contributed by atoms with van der Waals surface area (Å²) < 4.78 is 7.34. The maximum Gasteiger partial charge on any atom is 0.255 e. The molecule has 6 nitrogen and oxygen atoms in total. The molecule has 0 spiro atoms. The summed E-state index contributed by atoms with van der Waals surface area (Å²) in [6, 6.07) is 15.3. The van der Waals surface area contributed by atoms with E-state index < -0.39 is 0 Å². The third-order valence-electron chi connectivity index (χ3n) is 5.58. The number of rotatable bonds is 6. The van der Waals surface area contributed by atoms with Gasteiger partial charge < -0.3 is 19.5 Å². The van der Waals surface area contributed by atoms with Crippen molar-refractivity contribution in [2.75, 3.05) is 26.0 Å². The molecule has 0 bridgehead atoms. The van der Waals surface area contributed by atoms with Gasteiger partial charge in [0, 0.05) is 35.9 Å². The lowest BCUT2D eigenvalue weighted by Gasteiger charge is -2.18. The highest BCUT2D eigenvalue weighted by molar-refractivity contribution is 6.00. The van der Waals surface area contributed by atoms with Gasteiger partial charge in [-0.3, -0.25) is 9.59 Å². The summed E-state index contributed by atoms with van der Waals surface area (Å²) in [5.41, 5.74) is 6.13. The Labute approximate surface area is 183 Å². The zero-order chi connectivity index (χ0) is 22.7. The number of nitrogens with one attached hydrogen (secondary N) is 1. The fourth-order valence-electron chi connectivity index (χ4n) is 3.70. The van der Waals surface area contributed by atoms with Crippen molar-refractivity contribution in [3.63, 3.8) is 0 Å². The Balaban J connectivity index is 1.78. The number of ether oxygens (including phenoxy) is 1. The van der Waals surface area contributed by atoms with Gasteiger partial charge in [-0.2, -0.15) is 0 Å². The van der Waals surface area contributed by atoms with E-state index in [2.05, 4.69) is 5.32 Å². The van der Waals surface area contributed by atoms with E-state index in [-0.39, 0.29) is 18.4 Å². The maximum absolute atomic E-state index is 13.1. The third kappa shape index (κ3) is 4.63. The Hall–Kier alpha value is -3.54. The Morgan fingerprint density at radius 3 is 2.45 bits per heavy atom. The number of methoxy groups -OCH3 is 1. The van der Waals surface area contributed by atoms with E-state index >= 15 is 0 Å². The molecular weight excluding hydrogens is 390 g/mol. The molecule has 0 radical (unpaired) electrons. The number of anilines is 1. The normalized spacial score (nSPS) is 10.6. The van der Waals surface area contributed by atoms with Crippen LogP contribution >= 0.6 is 0 Å². The number of nitrogens with zero attached hydrogens (tertiary/aromatic N) is 2. The molecule has 0 saturated heterocycles. The summed E-state index contributed by atoms with van der Waals surface area (Å²) in [6.45, 7) is 7.79. The third-order valence-corrected chi connectivity index (χ3v) is 5.58. The van der Waals surface area contributed by atoms with Crippen LogP contribution in [0.1, 0.15) is 32.9 Å². The van der Waals surface area contributed by atoms with Crippen molar-refractivity contribution in [2.45, 2.75) is 27.7 Å². The molecule has 1 heterocycles.